The molecule has 62 valence electrons. The third-order valence-corrected chi connectivity index (χ3v) is 4.42. The van der Waals surface area contributed by atoms with E-state index < -0.39 is 0 Å². The van der Waals surface area contributed by atoms with E-state index in [0.29, 0.717) is 11.7 Å². The summed E-state index contributed by atoms with van der Waals surface area (Å²) in [5.74, 6) is 2.78. The molecule has 5 atom stereocenters. The zero-order chi connectivity index (χ0) is 7.64. The van der Waals surface area contributed by atoms with Crippen LogP contribution in [0.15, 0.2) is 0 Å². The van der Waals surface area contributed by atoms with Crippen molar-refractivity contribution >= 4 is 0 Å². The largest absolute Gasteiger partial charge is 0.371 e. The summed E-state index contributed by atoms with van der Waals surface area (Å²) in [5, 5.41) is 0. The first kappa shape index (κ1) is 6.47. The monoisotopic (exact) mass is 152 g/mol. The number of fused-ring (bicyclic) bond motifs is 1. The van der Waals surface area contributed by atoms with E-state index in [1.54, 1.807) is 0 Å². The van der Waals surface area contributed by atoms with Crippen LogP contribution in [0.5, 0.6) is 0 Å². The number of ether oxygens (including phenoxy) is 1. The van der Waals surface area contributed by atoms with Crippen LogP contribution < -0.4 is 0 Å². The first-order valence-electron chi connectivity index (χ1n) is 4.88. The van der Waals surface area contributed by atoms with E-state index >= 15 is 0 Å². The summed E-state index contributed by atoms with van der Waals surface area (Å²) in [4.78, 5) is 0. The fraction of sp³-hybridized carbons (Fsp3) is 1.00. The average molecular weight is 152 g/mol. The normalized spacial score (nSPS) is 66.0. The third-order valence-electron chi connectivity index (χ3n) is 4.42. The molecule has 2 aliphatic carbocycles. The van der Waals surface area contributed by atoms with Gasteiger partial charge in [0.25, 0.3) is 0 Å². The van der Waals surface area contributed by atoms with Gasteiger partial charge in [-0.25, -0.2) is 0 Å². The molecular weight excluding hydrogens is 136 g/mol. The zero-order valence-electron chi connectivity index (χ0n) is 7.34. The molecule has 2 saturated carbocycles. The predicted molar refractivity (Wildman–Crippen MR) is 43.3 cm³/mol. The molecule has 0 spiro atoms. The van der Waals surface area contributed by atoms with E-state index in [1.165, 1.54) is 19.3 Å². The van der Waals surface area contributed by atoms with Gasteiger partial charge in [0.05, 0.1) is 11.7 Å². The molecule has 1 heterocycles. The van der Waals surface area contributed by atoms with Crippen molar-refractivity contribution in [2.45, 2.75) is 44.8 Å². The maximum atomic E-state index is 5.95. The van der Waals surface area contributed by atoms with E-state index in [2.05, 4.69) is 13.8 Å². The Hall–Kier alpha value is -0.0400. The lowest BCUT2D eigenvalue weighted by Gasteiger charge is -2.52. The van der Waals surface area contributed by atoms with Crippen molar-refractivity contribution in [2.75, 3.05) is 0 Å². The van der Waals surface area contributed by atoms with Gasteiger partial charge in [0, 0.05) is 5.92 Å². The van der Waals surface area contributed by atoms with Gasteiger partial charge in [0.2, 0.25) is 0 Å². The van der Waals surface area contributed by atoms with Crippen molar-refractivity contribution in [3.05, 3.63) is 0 Å². The summed E-state index contributed by atoms with van der Waals surface area (Å²) < 4.78 is 5.95. The van der Waals surface area contributed by atoms with Crippen LogP contribution in [0.4, 0.5) is 0 Å². The minimum Gasteiger partial charge on any atom is -0.371 e. The Morgan fingerprint density at radius 2 is 2.27 bits per heavy atom. The number of rotatable bonds is 0. The van der Waals surface area contributed by atoms with Gasteiger partial charge in [-0.2, -0.15) is 0 Å². The van der Waals surface area contributed by atoms with Gasteiger partial charge in [-0.15, -0.1) is 0 Å². The summed E-state index contributed by atoms with van der Waals surface area (Å²) in [7, 11) is 0. The molecule has 0 aromatic rings. The Kier molecular flexibility index (Phi) is 0.976. The van der Waals surface area contributed by atoms with Gasteiger partial charge in [0.1, 0.15) is 0 Å². The lowest BCUT2D eigenvalue weighted by Crippen LogP contribution is -2.56. The van der Waals surface area contributed by atoms with Gasteiger partial charge >= 0.3 is 0 Å². The van der Waals surface area contributed by atoms with Crippen LogP contribution in [0, 0.1) is 17.8 Å². The molecule has 1 saturated heterocycles. The molecule has 1 heteroatoms. The van der Waals surface area contributed by atoms with Crippen molar-refractivity contribution in [3.8, 4) is 0 Å². The molecule has 0 unspecified atom stereocenters. The van der Waals surface area contributed by atoms with E-state index in [-0.39, 0.29) is 0 Å². The molecule has 0 N–H and O–H groups in total. The van der Waals surface area contributed by atoms with Crippen molar-refractivity contribution in [1.82, 2.24) is 0 Å². The molecule has 0 amide bonds. The molecule has 0 aromatic carbocycles. The molecule has 3 aliphatic rings. The third kappa shape index (κ3) is 0.581. The lowest BCUT2D eigenvalue weighted by molar-refractivity contribution is -0.249. The molecule has 2 bridgehead atoms. The van der Waals surface area contributed by atoms with Gasteiger partial charge in [-0.3, -0.25) is 0 Å². The minimum absolute atomic E-state index is 0.311. The van der Waals surface area contributed by atoms with Crippen molar-refractivity contribution in [2.24, 2.45) is 17.8 Å². The maximum absolute atomic E-state index is 5.95. The van der Waals surface area contributed by atoms with Crippen molar-refractivity contribution in [3.63, 3.8) is 0 Å². The number of hydrogen-bond acceptors (Lipinski definition) is 1. The Bertz CT molecular complexity index is 201. The molecule has 11 heavy (non-hydrogen) atoms. The molecule has 0 radical (unpaired) electrons. The van der Waals surface area contributed by atoms with Gasteiger partial charge in [0.15, 0.2) is 0 Å². The molecule has 3 fully saturated rings. The van der Waals surface area contributed by atoms with Crippen LogP contribution in [0.2, 0.25) is 0 Å². The van der Waals surface area contributed by atoms with E-state index in [4.69, 9.17) is 4.74 Å². The fourth-order valence-electron chi connectivity index (χ4n) is 3.52. The summed E-state index contributed by atoms with van der Waals surface area (Å²) in [6.45, 7) is 4.68. The SMILES string of the molecule is C[C@H]1[C@H]2CC[C@@]3(C)O[C@@H]1[C@H]3C2. The second kappa shape index (κ2) is 1.66. The molecule has 0 aromatic heterocycles. The van der Waals surface area contributed by atoms with Crippen LogP contribution in [0.3, 0.4) is 0 Å². The standard InChI is InChI=1S/C10H16O/c1-6-7-3-4-10(2)8(5-7)9(6)11-10/h6-9H,3-5H2,1-2H3/t6-,7-,8+,9-,10+/m0/s1. The van der Waals surface area contributed by atoms with Crippen LogP contribution in [0.1, 0.15) is 33.1 Å². The summed E-state index contributed by atoms with van der Waals surface area (Å²) in [6, 6.07) is 0. The van der Waals surface area contributed by atoms with Crippen LogP contribution >= 0.6 is 0 Å². The Morgan fingerprint density at radius 3 is 3.00 bits per heavy atom. The Morgan fingerprint density at radius 1 is 1.45 bits per heavy atom. The molecule has 3 rings (SSSR count). The van der Waals surface area contributed by atoms with Crippen LogP contribution in [-0.2, 0) is 4.74 Å². The smallest absolute Gasteiger partial charge is 0.0711 e. The second-order valence-corrected chi connectivity index (χ2v) is 4.90. The Labute approximate surface area is 68.1 Å². The highest BCUT2D eigenvalue weighted by Crippen LogP contribution is 2.60. The fourth-order valence-corrected chi connectivity index (χ4v) is 3.52. The van der Waals surface area contributed by atoms with E-state index in [0.717, 1.165) is 17.8 Å². The first-order chi connectivity index (χ1) is 5.21. The summed E-state index contributed by atoms with van der Waals surface area (Å²) >= 11 is 0. The Balaban J connectivity index is 1.97. The second-order valence-electron chi connectivity index (χ2n) is 4.90. The maximum Gasteiger partial charge on any atom is 0.0711 e. The quantitative estimate of drug-likeness (QED) is 0.517. The first-order valence-corrected chi connectivity index (χ1v) is 4.88. The highest BCUT2D eigenvalue weighted by atomic mass is 16.5. The lowest BCUT2D eigenvalue weighted by atomic mass is 9.73. The van der Waals surface area contributed by atoms with Crippen molar-refractivity contribution in [1.29, 1.82) is 0 Å². The van der Waals surface area contributed by atoms with Crippen LogP contribution in [-0.4, -0.2) is 11.7 Å². The molecule has 1 aliphatic heterocycles. The van der Waals surface area contributed by atoms with E-state index in [1.807, 2.05) is 0 Å². The average Bonchev–Trinajstić information content (AvgIpc) is 2.08. The van der Waals surface area contributed by atoms with Crippen LogP contribution in [0.25, 0.3) is 0 Å². The van der Waals surface area contributed by atoms with Gasteiger partial charge in [-0.1, -0.05) is 6.92 Å². The van der Waals surface area contributed by atoms with E-state index in [9.17, 15) is 0 Å². The molecule has 1 nitrogen and oxygen atoms in total. The summed E-state index contributed by atoms with van der Waals surface area (Å²) in [5.41, 5.74) is 0.311. The zero-order valence-corrected chi connectivity index (χ0v) is 7.34. The summed E-state index contributed by atoms with van der Waals surface area (Å²) in [6.07, 6.45) is 4.85. The predicted octanol–water partition coefficient (Wildman–Crippen LogP) is 2.21. The molecular formula is C10H16O. The van der Waals surface area contributed by atoms with Gasteiger partial charge < -0.3 is 4.74 Å². The topological polar surface area (TPSA) is 9.23 Å². The minimum atomic E-state index is 0.311. The highest BCUT2D eigenvalue weighted by Gasteiger charge is 2.62. The van der Waals surface area contributed by atoms with Crippen molar-refractivity contribution < 1.29 is 4.74 Å². The highest BCUT2D eigenvalue weighted by molar-refractivity contribution is 5.10. The van der Waals surface area contributed by atoms with Gasteiger partial charge in [-0.05, 0) is 38.0 Å². The number of hydrogen-bond donors (Lipinski definition) is 0.